The molecule has 0 bridgehead atoms. The number of amides is 1. The number of rotatable bonds is 3. The van der Waals surface area contributed by atoms with Gasteiger partial charge in [0.05, 0.1) is 16.7 Å². The lowest BCUT2D eigenvalue weighted by Gasteiger charge is -2.16. The lowest BCUT2D eigenvalue weighted by Crippen LogP contribution is -2.27. The zero-order valence-corrected chi connectivity index (χ0v) is 17.2. The van der Waals surface area contributed by atoms with Gasteiger partial charge in [-0.05, 0) is 52.2 Å². The maximum atomic E-state index is 12.9. The van der Waals surface area contributed by atoms with Crippen molar-refractivity contribution in [3.63, 3.8) is 0 Å². The van der Waals surface area contributed by atoms with Crippen LogP contribution in [-0.4, -0.2) is 10.9 Å². The van der Waals surface area contributed by atoms with E-state index in [-0.39, 0.29) is 11.9 Å². The van der Waals surface area contributed by atoms with Crippen molar-refractivity contribution in [1.29, 1.82) is 0 Å². The molecule has 4 rings (SSSR count). The van der Waals surface area contributed by atoms with E-state index in [1.807, 2.05) is 20.8 Å². The first kappa shape index (κ1) is 18.0. The highest BCUT2D eigenvalue weighted by atomic mass is 32.1. The second kappa shape index (κ2) is 6.64. The zero-order valence-electron chi connectivity index (χ0n) is 16.4. The number of benzene rings is 1. The molecule has 1 aromatic carbocycles. The Morgan fingerprint density at radius 2 is 2.00 bits per heavy atom. The van der Waals surface area contributed by atoms with Gasteiger partial charge in [-0.3, -0.25) is 4.79 Å². The fourth-order valence-corrected chi connectivity index (χ4v) is 4.93. The van der Waals surface area contributed by atoms with Crippen molar-refractivity contribution in [3.8, 4) is 11.3 Å². The predicted octanol–water partition coefficient (Wildman–Crippen LogP) is 5.23. The molecule has 2 heterocycles. The Kier molecular flexibility index (Phi) is 4.42. The quantitative estimate of drug-likeness (QED) is 0.677. The van der Waals surface area contributed by atoms with Gasteiger partial charge in [0.25, 0.3) is 5.91 Å². The van der Waals surface area contributed by atoms with E-state index in [9.17, 15) is 4.79 Å². The Labute approximate surface area is 163 Å². The molecule has 0 saturated heterocycles. The number of fused-ring (bicyclic) bond motifs is 3. The van der Waals surface area contributed by atoms with Crippen LogP contribution in [-0.2, 0) is 12.8 Å². The highest BCUT2D eigenvalue weighted by molar-refractivity contribution is 7.12. The minimum absolute atomic E-state index is 0.0864. The second-order valence-electron chi connectivity index (χ2n) is 7.41. The average molecular weight is 381 g/mol. The SMILES string of the molecule is Cc1ccc(C(C)NC(=O)c2oc3c(c2C)-c2nc(C)sc2CC3)c(C)c1. The van der Waals surface area contributed by atoms with Crippen LogP contribution >= 0.6 is 11.3 Å². The van der Waals surface area contributed by atoms with Crippen molar-refractivity contribution < 1.29 is 9.21 Å². The first-order valence-electron chi connectivity index (χ1n) is 9.32. The standard InChI is InChI=1S/C22H24N2O2S/c1-11-6-7-16(12(2)10-11)14(4)23-22(25)21-13(3)19-17(26-21)8-9-18-20(19)24-15(5)27-18/h6-7,10,14H,8-9H2,1-5H3,(H,23,25). The van der Waals surface area contributed by atoms with Crippen molar-refractivity contribution in [1.82, 2.24) is 10.3 Å². The number of nitrogens with zero attached hydrogens (tertiary/aromatic N) is 1. The normalized spacial score (nSPS) is 13.8. The number of aromatic nitrogens is 1. The Bertz CT molecular complexity index is 1050. The van der Waals surface area contributed by atoms with Gasteiger partial charge < -0.3 is 9.73 Å². The molecule has 5 heteroatoms. The summed E-state index contributed by atoms with van der Waals surface area (Å²) in [5.74, 6) is 1.13. The lowest BCUT2D eigenvalue weighted by atomic mass is 9.97. The van der Waals surface area contributed by atoms with Crippen LogP contribution in [0.25, 0.3) is 11.3 Å². The van der Waals surface area contributed by atoms with E-state index in [2.05, 4.69) is 42.3 Å². The van der Waals surface area contributed by atoms with Crippen molar-refractivity contribution in [2.75, 3.05) is 0 Å². The Morgan fingerprint density at radius 3 is 2.74 bits per heavy atom. The maximum Gasteiger partial charge on any atom is 0.287 e. The van der Waals surface area contributed by atoms with Crippen LogP contribution in [0.4, 0.5) is 0 Å². The summed E-state index contributed by atoms with van der Waals surface area (Å²) in [5, 5.41) is 4.16. The number of furan rings is 1. The Balaban J connectivity index is 1.63. The molecule has 0 saturated carbocycles. The third-order valence-electron chi connectivity index (χ3n) is 5.29. The van der Waals surface area contributed by atoms with E-state index in [0.29, 0.717) is 5.76 Å². The molecule has 1 aliphatic rings. The molecule has 4 nitrogen and oxygen atoms in total. The predicted molar refractivity (Wildman–Crippen MR) is 108 cm³/mol. The number of aryl methyl sites for hydroxylation is 5. The highest BCUT2D eigenvalue weighted by Gasteiger charge is 2.30. The first-order valence-corrected chi connectivity index (χ1v) is 10.1. The summed E-state index contributed by atoms with van der Waals surface area (Å²) < 4.78 is 6.00. The van der Waals surface area contributed by atoms with Gasteiger partial charge in [0.1, 0.15) is 5.76 Å². The average Bonchev–Trinajstić information content (AvgIpc) is 3.13. The number of carbonyl (C=O) groups is 1. The van der Waals surface area contributed by atoms with Crippen molar-refractivity contribution in [3.05, 3.63) is 61.9 Å². The van der Waals surface area contributed by atoms with Crippen molar-refractivity contribution in [2.24, 2.45) is 0 Å². The Morgan fingerprint density at radius 1 is 1.22 bits per heavy atom. The molecule has 0 radical (unpaired) electrons. The summed E-state index contributed by atoms with van der Waals surface area (Å²) >= 11 is 1.74. The van der Waals surface area contributed by atoms with Gasteiger partial charge in [0, 0.05) is 22.4 Å². The van der Waals surface area contributed by atoms with Gasteiger partial charge in [-0.15, -0.1) is 11.3 Å². The fraction of sp³-hybridized carbons (Fsp3) is 0.364. The molecule has 1 N–H and O–H groups in total. The fourth-order valence-electron chi connectivity index (χ4n) is 3.99. The van der Waals surface area contributed by atoms with E-state index in [4.69, 9.17) is 4.42 Å². The lowest BCUT2D eigenvalue weighted by molar-refractivity contribution is 0.0909. The zero-order chi connectivity index (χ0) is 19.3. The minimum Gasteiger partial charge on any atom is -0.455 e. The van der Waals surface area contributed by atoms with Crippen LogP contribution in [0.3, 0.4) is 0 Å². The van der Waals surface area contributed by atoms with Crippen LogP contribution in [0.5, 0.6) is 0 Å². The van der Waals surface area contributed by atoms with Gasteiger partial charge in [0.2, 0.25) is 0 Å². The topological polar surface area (TPSA) is 55.1 Å². The van der Waals surface area contributed by atoms with Gasteiger partial charge in [-0.25, -0.2) is 4.98 Å². The summed E-state index contributed by atoms with van der Waals surface area (Å²) in [5.41, 5.74) is 6.44. The largest absolute Gasteiger partial charge is 0.455 e. The number of hydrogen-bond donors (Lipinski definition) is 1. The van der Waals surface area contributed by atoms with Crippen LogP contribution in [0.15, 0.2) is 22.6 Å². The van der Waals surface area contributed by atoms with Crippen LogP contribution in [0.2, 0.25) is 0 Å². The molecule has 1 atom stereocenters. The third-order valence-corrected chi connectivity index (χ3v) is 6.32. The Hall–Kier alpha value is -2.40. The highest BCUT2D eigenvalue weighted by Crippen LogP contribution is 2.40. The molecule has 140 valence electrons. The molecule has 27 heavy (non-hydrogen) atoms. The van der Waals surface area contributed by atoms with Gasteiger partial charge in [-0.1, -0.05) is 23.8 Å². The van der Waals surface area contributed by atoms with E-state index in [1.54, 1.807) is 11.3 Å². The first-order chi connectivity index (χ1) is 12.8. The second-order valence-corrected chi connectivity index (χ2v) is 8.70. The number of thiazole rings is 1. The van der Waals surface area contributed by atoms with Gasteiger partial charge in [0.15, 0.2) is 5.76 Å². The molecule has 0 aliphatic heterocycles. The molecule has 0 fully saturated rings. The summed E-state index contributed by atoms with van der Waals surface area (Å²) in [6.45, 7) is 10.1. The van der Waals surface area contributed by atoms with E-state index >= 15 is 0 Å². The molecular weight excluding hydrogens is 356 g/mol. The molecule has 3 aromatic rings. The van der Waals surface area contributed by atoms with E-state index in [0.717, 1.165) is 46.0 Å². The molecule has 0 spiro atoms. The van der Waals surface area contributed by atoms with E-state index in [1.165, 1.54) is 16.0 Å². The van der Waals surface area contributed by atoms with Crippen LogP contribution in [0, 0.1) is 27.7 Å². The summed E-state index contributed by atoms with van der Waals surface area (Å²) in [6, 6.07) is 6.21. The summed E-state index contributed by atoms with van der Waals surface area (Å²) in [4.78, 5) is 18.9. The molecule has 2 aromatic heterocycles. The molecule has 1 amide bonds. The van der Waals surface area contributed by atoms with Crippen LogP contribution < -0.4 is 5.32 Å². The van der Waals surface area contributed by atoms with Gasteiger partial charge >= 0.3 is 0 Å². The summed E-state index contributed by atoms with van der Waals surface area (Å²) in [6.07, 6.45) is 1.76. The molecular formula is C22H24N2O2S. The smallest absolute Gasteiger partial charge is 0.287 e. The molecule has 1 aliphatic carbocycles. The van der Waals surface area contributed by atoms with Crippen LogP contribution in [0.1, 0.15) is 61.4 Å². The maximum absolute atomic E-state index is 12.9. The number of nitrogens with one attached hydrogen (secondary N) is 1. The minimum atomic E-state index is -0.164. The number of hydrogen-bond acceptors (Lipinski definition) is 4. The van der Waals surface area contributed by atoms with Gasteiger partial charge in [-0.2, -0.15) is 0 Å². The summed E-state index contributed by atoms with van der Waals surface area (Å²) in [7, 11) is 0. The van der Waals surface area contributed by atoms with Crippen molar-refractivity contribution in [2.45, 2.75) is 53.5 Å². The number of carbonyl (C=O) groups excluding carboxylic acids is 1. The van der Waals surface area contributed by atoms with E-state index < -0.39 is 0 Å². The molecule has 1 unspecified atom stereocenters. The monoisotopic (exact) mass is 380 g/mol. The third kappa shape index (κ3) is 3.10. The van der Waals surface area contributed by atoms with Crippen molar-refractivity contribution >= 4 is 17.2 Å².